The molecule has 0 amide bonds. The van der Waals surface area contributed by atoms with Gasteiger partial charge < -0.3 is 15.7 Å². The van der Waals surface area contributed by atoms with E-state index in [1.54, 1.807) is 12.1 Å². The first kappa shape index (κ1) is 13.9. The van der Waals surface area contributed by atoms with Gasteiger partial charge in [-0.05, 0) is 18.2 Å². The number of carboxylic acid groups (broad SMARTS) is 1. The predicted octanol–water partition coefficient (Wildman–Crippen LogP) is 1.74. The van der Waals surface area contributed by atoms with Crippen LogP contribution in [0.3, 0.4) is 0 Å². The number of nitrogens with zero attached hydrogens (tertiary/aromatic N) is 4. The van der Waals surface area contributed by atoms with Gasteiger partial charge in [-0.3, -0.25) is 0 Å². The molecule has 0 aliphatic carbocycles. The maximum absolute atomic E-state index is 11.8. The summed E-state index contributed by atoms with van der Waals surface area (Å²) in [7, 11) is 3.82. The van der Waals surface area contributed by atoms with Crippen molar-refractivity contribution in [3.8, 4) is 11.1 Å². The molecule has 3 N–H and O–H groups in total. The number of carbonyl (C=O) groups is 1. The Balaban J connectivity index is 2.36. The summed E-state index contributed by atoms with van der Waals surface area (Å²) in [4.78, 5) is 17.7. The second kappa shape index (κ2) is 5.03. The van der Waals surface area contributed by atoms with Crippen molar-refractivity contribution in [1.82, 2.24) is 14.6 Å². The zero-order valence-electron chi connectivity index (χ0n) is 12.2. The average Bonchev–Trinajstić information content (AvgIpc) is 2.85. The number of rotatable bonds is 3. The van der Waals surface area contributed by atoms with Gasteiger partial charge in [0.05, 0.1) is 0 Å². The minimum atomic E-state index is -1.08. The third-order valence-electron chi connectivity index (χ3n) is 3.39. The Kier molecular flexibility index (Phi) is 3.17. The third-order valence-corrected chi connectivity index (χ3v) is 3.39. The van der Waals surface area contributed by atoms with E-state index in [4.69, 9.17) is 5.73 Å². The normalized spacial score (nSPS) is 10.8. The third kappa shape index (κ3) is 2.12. The summed E-state index contributed by atoms with van der Waals surface area (Å²) >= 11 is 0. The quantitative estimate of drug-likeness (QED) is 0.764. The first-order chi connectivity index (χ1) is 10.5. The molecule has 2 aromatic heterocycles. The van der Waals surface area contributed by atoms with Crippen LogP contribution < -0.4 is 10.6 Å². The van der Waals surface area contributed by atoms with Crippen molar-refractivity contribution in [3.63, 3.8) is 0 Å². The molecule has 1 aromatic carbocycles. The molecule has 0 aliphatic heterocycles. The van der Waals surface area contributed by atoms with Crippen LogP contribution in [-0.2, 0) is 0 Å². The van der Waals surface area contributed by atoms with E-state index in [-0.39, 0.29) is 11.6 Å². The molecule has 2 heterocycles. The molecule has 7 heteroatoms. The zero-order chi connectivity index (χ0) is 15.9. The van der Waals surface area contributed by atoms with E-state index in [9.17, 15) is 9.90 Å². The molecule has 0 bridgehead atoms. The maximum Gasteiger partial charge on any atom is 0.355 e. The molecule has 0 fully saturated rings. The molecule has 22 heavy (non-hydrogen) atoms. The van der Waals surface area contributed by atoms with Gasteiger partial charge in [-0.15, -0.1) is 5.10 Å². The Bertz CT molecular complexity index is 869. The Morgan fingerprint density at radius 2 is 1.91 bits per heavy atom. The van der Waals surface area contributed by atoms with Gasteiger partial charge in [0.2, 0.25) is 5.95 Å². The van der Waals surface area contributed by atoms with Crippen LogP contribution in [0.2, 0.25) is 0 Å². The Labute approximate surface area is 126 Å². The lowest BCUT2D eigenvalue weighted by Crippen LogP contribution is -2.13. The Morgan fingerprint density at radius 1 is 1.18 bits per heavy atom. The minimum absolute atomic E-state index is 0.0380. The molecule has 0 spiro atoms. The van der Waals surface area contributed by atoms with Gasteiger partial charge in [-0.25, -0.2) is 9.31 Å². The van der Waals surface area contributed by atoms with Crippen LogP contribution in [0.4, 0.5) is 11.6 Å². The fourth-order valence-electron chi connectivity index (χ4n) is 2.48. The van der Waals surface area contributed by atoms with Gasteiger partial charge in [0.15, 0.2) is 11.3 Å². The highest BCUT2D eigenvalue weighted by atomic mass is 16.4. The lowest BCUT2D eigenvalue weighted by atomic mass is 10.0. The second-order valence-electron chi connectivity index (χ2n) is 5.05. The molecule has 0 aliphatic rings. The zero-order valence-corrected chi connectivity index (χ0v) is 12.2. The average molecular weight is 297 g/mol. The van der Waals surface area contributed by atoms with Crippen LogP contribution >= 0.6 is 0 Å². The Hall–Kier alpha value is -3.09. The van der Waals surface area contributed by atoms with Crippen molar-refractivity contribution < 1.29 is 9.90 Å². The topological polar surface area (TPSA) is 96.8 Å². The molecule has 3 rings (SSSR count). The number of hydrogen-bond acceptors (Lipinski definition) is 5. The first-order valence-electron chi connectivity index (χ1n) is 6.64. The maximum atomic E-state index is 11.8. The van der Waals surface area contributed by atoms with Crippen LogP contribution in [0.15, 0.2) is 36.4 Å². The fourth-order valence-corrected chi connectivity index (χ4v) is 2.48. The molecule has 0 radical (unpaired) electrons. The van der Waals surface area contributed by atoms with Gasteiger partial charge in [0, 0.05) is 30.9 Å². The summed E-state index contributed by atoms with van der Waals surface area (Å²) in [5.74, 6) is -1.04. The van der Waals surface area contributed by atoms with E-state index < -0.39 is 5.97 Å². The van der Waals surface area contributed by atoms with Crippen molar-refractivity contribution in [2.75, 3.05) is 24.7 Å². The van der Waals surface area contributed by atoms with Crippen molar-refractivity contribution in [1.29, 1.82) is 0 Å². The van der Waals surface area contributed by atoms with Crippen LogP contribution in [0.5, 0.6) is 0 Å². The van der Waals surface area contributed by atoms with Gasteiger partial charge in [-0.1, -0.05) is 18.2 Å². The predicted molar refractivity (Wildman–Crippen MR) is 84.1 cm³/mol. The van der Waals surface area contributed by atoms with E-state index in [0.29, 0.717) is 11.2 Å². The summed E-state index contributed by atoms with van der Waals surface area (Å²) in [6.07, 6.45) is 0. The summed E-state index contributed by atoms with van der Waals surface area (Å²) in [5, 5.41) is 13.6. The lowest BCUT2D eigenvalue weighted by Gasteiger charge is -2.18. The monoisotopic (exact) mass is 297 g/mol. The number of pyridine rings is 1. The number of nitrogens with two attached hydrogens (primary N) is 1. The van der Waals surface area contributed by atoms with Gasteiger partial charge >= 0.3 is 5.97 Å². The molecular weight excluding hydrogens is 282 g/mol. The summed E-state index contributed by atoms with van der Waals surface area (Å²) < 4.78 is 1.26. The largest absolute Gasteiger partial charge is 0.476 e. The molecule has 0 unspecified atom stereocenters. The number of nitrogen functional groups attached to an aromatic ring is 1. The van der Waals surface area contributed by atoms with Crippen LogP contribution in [0.25, 0.3) is 16.8 Å². The molecule has 3 aromatic rings. The number of para-hydroxylation sites is 1. The standard InChI is InChI=1S/C15H15N5O2/c1-19(2)11-6-4-3-5-9(11)10-7-8-12-17-15(16)18-20(12)13(10)14(21)22/h3-8H,1-2H3,(H2,16,18)(H,21,22). The van der Waals surface area contributed by atoms with E-state index in [1.165, 1.54) is 4.52 Å². The van der Waals surface area contributed by atoms with E-state index in [0.717, 1.165) is 11.3 Å². The SMILES string of the molecule is CN(C)c1ccccc1-c1ccc2nc(N)nn2c1C(=O)O. The minimum Gasteiger partial charge on any atom is -0.476 e. The van der Waals surface area contributed by atoms with Gasteiger partial charge in [0.1, 0.15) is 0 Å². The summed E-state index contributed by atoms with van der Waals surface area (Å²) in [5.41, 5.74) is 8.31. The van der Waals surface area contributed by atoms with Crippen LogP contribution in [-0.4, -0.2) is 39.8 Å². The number of benzene rings is 1. The molecule has 112 valence electrons. The first-order valence-corrected chi connectivity index (χ1v) is 6.64. The molecule has 0 saturated heterocycles. The van der Waals surface area contributed by atoms with E-state index in [2.05, 4.69) is 10.1 Å². The van der Waals surface area contributed by atoms with Gasteiger partial charge in [0.25, 0.3) is 0 Å². The second-order valence-corrected chi connectivity index (χ2v) is 5.05. The number of fused-ring (bicyclic) bond motifs is 1. The van der Waals surface area contributed by atoms with Crippen LogP contribution in [0.1, 0.15) is 10.5 Å². The van der Waals surface area contributed by atoms with E-state index in [1.807, 2.05) is 43.3 Å². The van der Waals surface area contributed by atoms with E-state index >= 15 is 0 Å². The number of carboxylic acids is 1. The highest BCUT2D eigenvalue weighted by molar-refractivity contribution is 5.97. The highest BCUT2D eigenvalue weighted by Crippen LogP contribution is 2.32. The lowest BCUT2D eigenvalue weighted by molar-refractivity contribution is 0.0688. The van der Waals surface area contributed by atoms with Crippen molar-refractivity contribution in [2.24, 2.45) is 0 Å². The van der Waals surface area contributed by atoms with Crippen molar-refractivity contribution in [2.45, 2.75) is 0 Å². The summed E-state index contributed by atoms with van der Waals surface area (Å²) in [6, 6.07) is 11.0. The Morgan fingerprint density at radius 3 is 2.59 bits per heavy atom. The number of anilines is 2. The summed E-state index contributed by atoms with van der Waals surface area (Å²) in [6.45, 7) is 0. The number of hydrogen-bond donors (Lipinski definition) is 2. The number of aromatic nitrogens is 3. The van der Waals surface area contributed by atoms with Gasteiger partial charge in [-0.2, -0.15) is 4.98 Å². The molecule has 0 saturated carbocycles. The fraction of sp³-hybridized carbons (Fsp3) is 0.133. The smallest absolute Gasteiger partial charge is 0.355 e. The molecule has 0 atom stereocenters. The molecular formula is C15H15N5O2. The highest BCUT2D eigenvalue weighted by Gasteiger charge is 2.20. The van der Waals surface area contributed by atoms with Crippen molar-refractivity contribution in [3.05, 3.63) is 42.1 Å². The van der Waals surface area contributed by atoms with Crippen LogP contribution in [0, 0.1) is 0 Å². The molecule has 7 nitrogen and oxygen atoms in total. The number of aromatic carboxylic acids is 1. The van der Waals surface area contributed by atoms with Crippen molar-refractivity contribution >= 4 is 23.3 Å².